The van der Waals surface area contributed by atoms with Crippen molar-refractivity contribution in [3.8, 4) is 11.1 Å². The number of carbonyl (C=O) groups excluding carboxylic acids is 1. The molecular formula is C22H22N2O2. The molecule has 0 spiro atoms. The molecule has 0 N–H and O–H groups in total. The Bertz CT molecular complexity index is 876. The van der Waals surface area contributed by atoms with Crippen molar-refractivity contribution in [1.82, 2.24) is 4.90 Å². The van der Waals surface area contributed by atoms with Crippen LogP contribution in [-0.4, -0.2) is 37.0 Å². The summed E-state index contributed by atoms with van der Waals surface area (Å²) in [6.07, 6.45) is 0. The van der Waals surface area contributed by atoms with Gasteiger partial charge in [0, 0.05) is 31.9 Å². The molecule has 1 aromatic heterocycles. The van der Waals surface area contributed by atoms with Crippen LogP contribution in [0.2, 0.25) is 0 Å². The topological polar surface area (TPSA) is 36.7 Å². The summed E-state index contributed by atoms with van der Waals surface area (Å²) in [7, 11) is 0. The minimum atomic E-state index is -0.0165. The van der Waals surface area contributed by atoms with Gasteiger partial charge < -0.3 is 14.2 Å². The number of rotatable bonds is 3. The first-order chi connectivity index (χ1) is 12.7. The van der Waals surface area contributed by atoms with Gasteiger partial charge in [-0.3, -0.25) is 4.79 Å². The standard InChI is InChI=1S/C22H22N2O2/c1-17-7-12-21(26-17)22(25)24-15-13-23(14-16-24)20-10-8-19(9-11-20)18-5-3-2-4-6-18/h2-12H,13-16H2,1H3. The maximum absolute atomic E-state index is 12.5. The summed E-state index contributed by atoms with van der Waals surface area (Å²) in [6.45, 7) is 4.93. The van der Waals surface area contributed by atoms with Crippen LogP contribution in [0.5, 0.6) is 0 Å². The van der Waals surface area contributed by atoms with E-state index in [1.165, 1.54) is 16.8 Å². The zero-order valence-electron chi connectivity index (χ0n) is 14.9. The summed E-state index contributed by atoms with van der Waals surface area (Å²) in [5.41, 5.74) is 3.64. The van der Waals surface area contributed by atoms with Crippen molar-refractivity contribution in [2.45, 2.75) is 6.92 Å². The minimum Gasteiger partial charge on any atom is -0.456 e. The maximum atomic E-state index is 12.5. The van der Waals surface area contributed by atoms with Crippen LogP contribution >= 0.6 is 0 Å². The lowest BCUT2D eigenvalue weighted by atomic mass is 10.1. The summed E-state index contributed by atoms with van der Waals surface area (Å²) in [5.74, 6) is 1.19. The van der Waals surface area contributed by atoms with Crippen LogP contribution in [0, 0.1) is 6.92 Å². The van der Waals surface area contributed by atoms with E-state index >= 15 is 0 Å². The third-order valence-electron chi connectivity index (χ3n) is 4.86. The maximum Gasteiger partial charge on any atom is 0.289 e. The molecule has 1 aliphatic heterocycles. The normalized spacial score (nSPS) is 14.5. The molecule has 132 valence electrons. The molecule has 2 heterocycles. The van der Waals surface area contributed by atoms with E-state index in [1.54, 1.807) is 6.07 Å². The monoisotopic (exact) mass is 346 g/mol. The predicted molar refractivity (Wildman–Crippen MR) is 103 cm³/mol. The van der Waals surface area contributed by atoms with Crippen molar-refractivity contribution in [2.75, 3.05) is 31.1 Å². The highest BCUT2D eigenvalue weighted by Gasteiger charge is 2.24. The highest BCUT2D eigenvalue weighted by molar-refractivity contribution is 5.91. The number of benzene rings is 2. The van der Waals surface area contributed by atoms with Gasteiger partial charge in [-0.05, 0) is 42.3 Å². The van der Waals surface area contributed by atoms with Gasteiger partial charge in [-0.1, -0.05) is 42.5 Å². The number of aryl methyl sites for hydroxylation is 1. The average Bonchev–Trinajstić information content (AvgIpc) is 3.15. The average molecular weight is 346 g/mol. The van der Waals surface area contributed by atoms with E-state index in [2.05, 4.69) is 53.4 Å². The quantitative estimate of drug-likeness (QED) is 0.712. The van der Waals surface area contributed by atoms with Crippen molar-refractivity contribution in [2.24, 2.45) is 0 Å². The molecule has 1 fully saturated rings. The molecule has 0 bridgehead atoms. The second-order valence-corrected chi connectivity index (χ2v) is 6.60. The molecule has 0 saturated carbocycles. The number of hydrogen-bond donors (Lipinski definition) is 0. The Kier molecular flexibility index (Phi) is 4.48. The Morgan fingerprint density at radius 1 is 0.808 bits per heavy atom. The first kappa shape index (κ1) is 16.5. The molecule has 1 aliphatic rings. The van der Waals surface area contributed by atoms with Crippen molar-refractivity contribution >= 4 is 11.6 Å². The van der Waals surface area contributed by atoms with E-state index in [1.807, 2.05) is 24.0 Å². The van der Waals surface area contributed by atoms with Gasteiger partial charge in [0.2, 0.25) is 0 Å². The molecule has 0 atom stereocenters. The second kappa shape index (κ2) is 7.08. The first-order valence-corrected chi connectivity index (χ1v) is 8.97. The Morgan fingerprint density at radius 2 is 1.46 bits per heavy atom. The summed E-state index contributed by atoms with van der Waals surface area (Å²) < 4.78 is 5.46. The number of nitrogens with zero attached hydrogens (tertiary/aromatic N) is 2. The van der Waals surface area contributed by atoms with Crippen LogP contribution in [0.1, 0.15) is 16.3 Å². The van der Waals surface area contributed by atoms with Gasteiger partial charge in [0.1, 0.15) is 5.76 Å². The summed E-state index contributed by atoms with van der Waals surface area (Å²) in [4.78, 5) is 16.7. The van der Waals surface area contributed by atoms with Gasteiger partial charge in [0.15, 0.2) is 5.76 Å². The molecule has 3 aromatic rings. The van der Waals surface area contributed by atoms with Crippen LogP contribution in [0.15, 0.2) is 71.1 Å². The zero-order chi connectivity index (χ0) is 17.9. The van der Waals surface area contributed by atoms with Crippen molar-refractivity contribution in [3.63, 3.8) is 0 Å². The van der Waals surface area contributed by atoms with E-state index in [0.29, 0.717) is 18.8 Å². The van der Waals surface area contributed by atoms with Crippen molar-refractivity contribution in [1.29, 1.82) is 0 Å². The highest BCUT2D eigenvalue weighted by Crippen LogP contribution is 2.24. The molecule has 4 heteroatoms. The van der Waals surface area contributed by atoms with E-state index in [-0.39, 0.29) is 5.91 Å². The Balaban J connectivity index is 1.39. The number of furan rings is 1. The Hall–Kier alpha value is -3.01. The summed E-state index contributed by atoms with van der Waals surface area (Å²) in [5, 5.41) is 0. The number of carbonyl (C=O) groups is 1. The fourth-order valence-electron chi connectivity index (χ4n) is 3.37. The van der Waals surface area contributed by atoms with Crippen molar-refractivity contribution < 1.29 is 9.21 Å². The third kappa shape index (κ3) is 3.36. The van der Waals surface area contributed by atoms with E-state index in [9.17, 15) is 4.79 Å². The van der Waals surface area contributed by atoms with E-state index < -0.39 is 0 Å². The fourth-order valence-corrected chi connectivity index (χ4v) is 3.37. The lowest BCUT2D eigenvalue weighted by Gasteiger charge is -2.35. The van der Waals surface area contributed by atoms with E-state index in [0.717, 1.165) is 18.8 Å². The molecule has 4 nitrogen and oxygen atoms in total. The minimum absolute atomic E-state index is 0.0165. The zero-order valence-corrected chi connectivity index (χ0v) is 14.9. The fraction of sp³-hybridized carbons (Fsp3) is 0.227. The highest BCUT2D eigenvalue weighted by atomic mass is 16.3. The van der Waals surface area contributed by atoms with Crippen molar-refractivity contribution in [3.05, 3.63) is 78.3 Å². The van der Waals surface area contributed by atoms with Crippen LogP contribution in [0.3, 0.4) is 0 Å². The molecule has 0 aliphatic carbocycles. The Labute approximate surface area is 153 Å². The number of piperazine rings is 1. The number of hydrogen-bond acceptors (Lipinski definition) is 3. The van der Waals surface area contributed by atoms with Gasteiger partial charge in [-0.15, -0.1) is 0 Å². The van der Waals surface area contributed by atoms with Crippen LogP contribution < -0.4 is 4.90 Å². The molecular weight excluding hydrogens is 324 g/mol. The van der Waals surface area contributed by atoms with Crippen LogP contribution in [0.4, 0.5) is 5.69 Å². The molecule has 1 amide bonds. The van der Waals surface area contributed by atoms with Gasteiger partial charge in [-0.25, -0.2) is 0 Å². The molecule has 1 saturated heterocycles. The Morgan fingerprint density at radius 3 is 2.08 bits per heavy atom. The van der Waals surface area contributed by atoms with Gasteiger partial charge >= 0.3 is 0 Å². The smallest absolute Gasteiger partial charge is 0.289 e. The lowest BCUT2D eigenvalue weighted by Crippen LogP contribution is -2.48. The lowest BCUT2D eigenvalue weighted by molar-refractivity contribution is 0.0713. The molecule has 2 aromatic carbocycles. The SMILES string of the molecule is Cc1ccc(C(=O)N2CCN(c3ccc(-c4ccccc4)cc3)CC2)o1. The second-order valence-electron chi connectivity index (χ2n) is 6.60. The third-order valence-corrected chi connectivity index (χ3v) is 4.86. The van der Waals surface area contributed by atoms with Crippen LogP contribution in [-0.2, 0) is 0 Å². The molecule has 26 heavy (non-hydrogen) atoms. The number of amides is 1. The summed E-state index contributed by atoms with van der Waals surface area (Å²) >= 11 is 0. The summed E-state index contributed by atoms with van der Waals surface area (Å²) in [6, 6.07) is 22.6. The predicted octanol–water partition coefficient (Wildman–Crippen LogP) is 4.22. The van der Waals surface area contributed by atoms with Crippen LogP contribution in [0.25, 0.3) is 11.1 Å². The number of anilines is 1. The van der Waals surface area contributed by atoms with Gasteiger partial charge in [0.25, 0.3) is 5.91 Å². The molecule has 0 radical (unpaired) electrons. The van der Waals surface area contributed by atoms with Gasteiger partial charge in [0.05, 0.1) is 0 Å². The molecule has 0 unspecified atom stereocenters. The molecule has 4 rings (SSSR count). The van der Waals surface area contributed by atoms with E-state index in [4.69, 9.17) is 4.42 Å². The van der Waals surface area contributed by atoms with Gasteiger partial charge in [-0.2, -0.15) is 0 Å². The largest absolute Gasteiger partial charge is 0.456 e. The first-order valence-electron chi connectivity index (χ1n) is 8.97.